The molecule has 25 heavy (non-hydrogen) atoms. The van der Waals surface area contributed by atoms with Crippen LogP contribution in [0.15, 0.2) is 67.0 Å². The highest BCUT2D eigenvalue weighted by molar-refractivity contribution is 5.35. The minimum atomic E-state index is -0.560. The summed E-state index contributed by atoms with van der Waals surface area (Å²) in [4.78, 5) is 0. The summed E-state index contributed by atoms with van der Waals surface area (Å²) in [6, 6.07) is 17.9. The molecule has 0 saturated heterocycles. The summed E-state index contributed by atoms with van der Waals surface area (Å²) in [7, 11) is 0. The van der Waals surface area contributed by atoms with E-state index in [1.807, 2.05) is 60.3 Å². The van der Waals surface area contributed by atoms with Crippen LogP contribution in [0.3, 0.4) is 0 Å². The van der Waals surface area contributed by atoms with Gasteiger partial charge < -0.3 is 15.2 Å². The Morgan fingerprint density at radius 3 is 2.84 bits per heavy atom. The molecule has 2 aromatic carbocycles. The molecule has 3 rings (SSSR count). The second-order valence-electron chi connectivity index (χ2n) is 6.03. The number of benzene rings is 2. The third-order valence-electron chi connectivity index (χ3n) is 3.82. The Hall–Kier alpha value is -2.63. The van der Waals surface area contributed by atoms with Crippen LogP contribution in [0.1, 0.15) is 11.1 Å². The molecule has 2 N–H and O–H groups in total. The van der Waals surface area contributed by atoms with E-state index in [2.05, 4.69) is 22.5 Å². The zero-order valence-corrected chi connectivity index (χ0v) is 14.3. The Labute approximate surface area is 147 Å². The summed E-state index contributed by atoms with van der Waals surface area (Å²) >= 11 is 0. The molecule has 1 unspecified atom stereocenters. The predicted octanol–water partition coefficient (Wildman–Crippen LogP) is 2.71. The van der Waals surface area contributed by atoms with Gasteiger partial charge in [0, 0.05) is 25.5 Å². The van der Waals surface area contributed by atoms with E-state index in [1.165, 1.54) is 0 Å². The van der Waals surface area contributed by atoms with Crippen molar-refractivity contribution in [1.29, 1.82) is 0 Å². The van der Waals surface area contributed by atoms with Crippen molar-refractivity contribution < 1.29 is 9.84 Å². The van der Waals surface area contributed by atoms with E-state index in [0.717, 1.165) is 22.6 Å². The molecule has 0 fully saturated rings. The smallest absolute Gasteiger partial charge is 0.119 e. The second kappa shape index (κ2) is 8.46. The van der Waals surface area contributed by atoms with Gasteiger partial charge in [-0.15, -0.1) is 0 Å². The normalized spacial score (nSPS) is 12.1. The number of aliphatic hydroxyl groups is 1. The number of nitrogens with one attached hydrogen (secondary N) is 1. The average molecular weight is 337 g/mol. The van der Waals surface area contributed by atoms with Crippen LogP contribution >= 0.6 is 0 Å². The fourth-order valence-electron chi connectivity index (χ4n) is 2.57. The molecule has 1 heterocycles. The van der Waals surface area contributed by atoms with Crippen molar-refractivity contribution in [2.24, 2.45) is 0 Å². The van der Waals surface area contributed by atoms with Crippen LogP contribution in [-0.4, -0.2) is 34.1 Å². The quantitative estimate of drug-likeness (QED) is 0.663. The molecular formula is C20H23N3O2. The summed E-state index contributed by atoms with van der Waals surface area (Å²) in [6.45, 7) is 3.43. The maximum absolute atomic E-state index is 10.1. The van der Waals surface area contributed by atoms with Crippen molar-refractivity contribution in [3.8, 4) is 11.4 Å². The first-order valence-corrected chi connectivity index (χ1v) is 8.38. The van der Waals surface area contributed by atoms with Crippen molar-refractivity contribution in [1.82, 2.24) is 15.1 Å². The zero-order chi connectivity index (χ0) is 17.5. The Kier molecular flexibility index (Phi) is 5.82. The van der Waals surface area contributed by atoms with Crippen LogP contribution in [0.4, 0.5) is 0 Å². The highest BCUT2D eigenvalue weighted by Gasteiger charge is 2.06. The van der Waals surface area contributed by atoms with Gasteiger partial charge in [0.2, 0.25) is 0 Å². The van der Waals surface area contributed by atoms with Gasteiger partial charge in [-0.2, -0.15) is 5.10 Å². The van der Waals surface area contributed by atoms with Gasteiger partial charge in [0.05, 0.1) is 5.69 Å². The minimum Gasteiger partial charge on any atom is -0.491 e. The van der Waals surface area contributed by atoms with Gasteiger partial charge in [-0.3, -0.25) is 0 Å². The monoisotopic (exact) mass is 337 g/mol. The van der Waals surface area contributed by atoms with Gasteiger partial charge in [0.25, 0.3) is 0 Å². The van der Waals surface area contributed by atoms with E-state index < -0.39 is 6.10 Å². The maximum Gasteiger partial charge on any atom is 0.119 e. The number of hydrogen-bond donors (Lipinski definition) is 2. The number of rotatable bonds is 8. The topological polar surface area (TPSA) is 59.3 Å². The van der Waals surface area contributed by atoms with Crippen molar-refractivity contribution in [2.75, 3.05) is 13.2 Å². The van der Waals surface area contributed by atoms with Crippen molar-refractivity contribution in [2.45, 2.75) is 19.6 Å². The lowest BCUT2D eigenvalue weighted by molar-refractivity contribution is 0.106. The molecule has 0 aliphatic rings. The van der Waals surface area contributed by atoms with Gasteiger partial charge in [0.15, 0.2) is 0 Å². The third-order valence-corrected chi connectivity index (χ3v) is 3.82. The number of aliphatic hydroxyl groups excluding tert-OH is 1. The maximum atomic E-state index is 10.1. The van der Waals surface area contributed by atoms with Crippen LogP contribution < -0.4 is 10.1 Å². The van der Waals surface area contributed by atoms with Gasteiger partial charge in [-0.25, -0.2) is 4.68 Å². The highest BCUT2D eigenvalue weighted by atomic mass is 16.5. The lowest BCUT2D eigenvalue weighted by atomic mass is 10.2. The van der Waals surface area contributed by atoms with Crippen LogP contribution in [0, 0.1) is 6.92 Å². The fourth-order valence-corrected chi connectivity index (χ4v) is 2.57. The lowest BCUT2D eigenvalue weighted by Gasteiger charge is -2.14. The molecule has 130 valence electrons. The Morgan fingerprint density at radius 2 is 2.04 bits per heavy atom. The van der Waals surface area contributed by atoms with E-state index in [0.29, 0.717) is 13.1 Å². The second-order valence-corrected chi connectivity index (χ2v) is 6.03. The van der Waals surface area contributed by atoms with Gasteiger partial charge >= 0.3 is 0 Å². The molecule has 0 aliphatic carbocycles. The van der Waals surface area contributed by atoms with Crippen LogP contribution in [0.2, 0.25) is 0 Å². The number of hydrogen-bond acceptors (Lipinski definition) is 4. The van der Waals surface area contributed by atoms with E-state index in [1.54, 1.807) is 6.20 Å². The molecule has 5 heteroatoms. The first-order chi connectivity index (χ1) is 12.2. The largest absolute Gasteiger partial charge is 0.491 e. The van der Waals surface area contributed by atoms with E-state index in [4.69, 9.17) is 4.74 Å². The molecular weight excluding hydrogens is 314 g/mol. The molecule has 5 nitrogen and oxygen atoms in total. The van der Waals surface area contributed by atoms with Crippen LogP contribution in [0.5, 0.6) is 5.75 Å². The molecule has 1 atom stereocenters. The molecule has 0 bridgehead atoms. The van der Waals surface area contributed by atoms with Crippen molar-refractivity contribution in [3.63, 3.8) is 0 Å². The number of aromatic nitrogens is 2. The third kappa shape index (κ3) is 5.17. The molecule has 0 spiro atoms. The van der Waals surface area contributed by atoms with Gasteiger partial charge in [-0.05, 0) is 48.4 Å². The number of nitrogens with zero attached hydrogens (tertiary/aromatic N) is 2. The van der Waals surface area contributed by atoms with E-state index in [-0.39, 0.29) is 6.61 Å². The first-order valence-electron chi connectivity index (χ1n) is 8.38. The summed E-state index contributed by atoms with van der Waals surface area (Å²) < 4.78 is 7.45. The molecule has 0 radical (unpaired) electrons. The number of ether oxygens (including phenoxy) is 1. The summed E-state index contributed by atoms with van der Waals surface area (Å²) in [5.74, 6) is 0.783. The van der Waals surface area contributed by atoms with Crippen LogP contribution in [-0.2, 0) is 6.54 Å². The SMILES string of the molecule is Cc1cccc(OCC(O)CNCc2cccc(-n3cccn3)c2)c1. The minimum absolute atomic E-state index is 0.268. The van der Waals surface area contributed by atoms with Crippen molar-refractivity contribution in [3.05, 3.63) is 78.1 Å². The summed E-state index contributed by atoms with van der Waals surface area (Å²) in [5, 5.41) is 17.6. The van der Waals surface area contributed by atoms with E-state index in [9.17, 15) is 5.11 Å². The summed E-state index contributed by atoms with van der Waals surface area (Å²) in [5.41, 5.74) is 3.30. The highest BCUT2D eigenvalue weighted by Crippen LogP contribution is 2.12. The Bertz CT molecular complexity index is 787. The van der Waals surface area contributed by atoms with Gasteiger partial charge in [-0.1, -0.05) is 24.3 Å². The van der Waals surface area contributed by atoms with Crippen LogP contribution in [0.25, 0.3) is 5.69 Å². The summed E-state index contributed by atoms with van der Waals surface area (Å²) in [6.07, 6.45) is 3.11. The Morgan fingerprint density at radius 1 is 1.16 bits per heavy atom. The van der Waals surface area contributed by atoms with Crippen molar-refractivity contribution >= 4 is 0 Å². The van der Waals surface area contributed by atoms with Gasteiger partial charge in [0.1, 0.15) is 18.5 Å². The standard InChI is InChI=1S/C20H23N3O2/c1-16-5-2-8-20(11-16)25-15-19(24)14-21-13-17-6-3-7-18(12-17)23-10-4-9-22-23/h2-12,19,21,24H,13-15H2,1H3. The molecule has 3 aromatic rings. The van der Waals surface area contributed by atoms with E-state index >= 15 is 0 Å². The average Bonchev–Trinajstić information content (AvgIpc) is 3.15. The molecule has 0 aliphatic heterocycles. The first kappa shape index (κ1) is 17.2. The molecule has 1 aromatic heterocycles. The molecule has 0 saturated carbocycles. The lowest BCUT2D eigenvalue weighted by Crippen LogP contribution is -2.31. The zero-order valence-electron chi connectivity index (χ0n) is 14.3. The molecule has 0 amide bonds. The Balaban J connectivity index is 1.44. The fraction of sp³-hybridized carbons (Fsp3) is 0.250. The number of aryl methyl sites for hydroxylation is 1. The predicted molar refractivity (Wildman–Crippen MR) is 98.0 cm³/mol.